The summed E-state index contributed by atoms with van der Waals surface area (Å²) in [6.07, 6.45) is -4.75. The number of alkyl halides is 3. The maximum Gasteiger partial charge on any atom is 0.573 e. The monoisotopic (exact) mass is 352 g/mol. The fourth-order valence-electron chi connectivity index (χ4n) is 2.31. The second-order valence-corrected chi connectivity index (χ2v) is 5.76. The summed E-state index contributed by atoms with van der Waals surface area (Å²) in [5, 5.41) is 2.78. The SMILES string of the molecule is CN(C)Cc1ccccc1CNC(=O)c1ccc(OC(F)(F)F)cc1. The lowest BCUT2D eigenvalue weighted by Crippen LogP contribution is -2.24. The van der Waals surface area contributed by atoms with Crippen LogP contribution >= 0.6 is 0 Å². The van der Waals surface area contributed by atoms with Crippen molar-refractivity contribution in [3.05, 3.63) is 65.2 Å². The molecule has 0 heterocycles. The summed E-state index contributed by atoms with van der Waals surface area (Å²) in [7, 11) is 3.92. The van der Waals surface area contributed by atoms with E-state index in [-0.39, 0.29) is 17.2 Å². The first-order valence-corrected chi connectivity index (χ1v) is 7.60. The molecule has 0 radical (unpaired) electrons. The van der Waals surface area contributed by atoms with Crippen LogP contribution in [0, 0.1) is 0 Å². The first kappa shape index (κ1) is 18.8. The minimum atomic E-state index is -4.75. The first-order chi connectivity index (χ1) is 11.7. The number of hydrogen-bond acceptors (Lipinski definition) is 3. The van der Waals surface area contributed by atoms with Crippen molar-refractivity contribution < 1.29 is 22.7 Å². The number of ether oxygens (including phenoxy) is 1. The summed E-state index contributed by atoms with van der Waals surface area (Å²) in [5.74, 6) is -0.724. The van der Waals surface area contributed by atoms with Gasteiger partial charge in [0.25, 0.3) is 5.91 Å². The second-order valence-electron chi connectivity index (χ2n) is 5.76. The summed E-state index contributed by atoms with van der Waals surface area (Å²) in [5.41, 5.74) is 2.35. The summed E-state index contributed by atoms with van der Waals surface area (Å²) < 4.78 is 40.2. The summed E-state index contributed by atoms with van der Waals surface area (Å²) in [4.78, 5) is 14.2. The molecule has 7 heteroatoms. The van der Waals surface area contributed by atoms with Gasteiger partial charge in [0.15, 0.2) is 0 Å². The summed E-state index contributed by atoms with van der Waals surface area (Å²) in [6.45, 7) is 1.08. The van der Waals surface area contributed by atoms with Gasteiger partial charge in [0.2, 0.25) is 0 Å². The Labute approximate surface area is 144 Å². The Morgan fingerprint density at radius 3 is 2.20 bits per heavy atom. The number of nitrogens with zero attached hydrogens (tertiary/aromatic N) is 1. The Morgan fingerprint density at radius 1 is 1.04 bits per heavy atom. The van der Waals surface area contributed by atoms with Crippen molar-refractivity contribution in [3.8, 4) is 5.75 Å². The highest BCUT2D eigenvalue weighted by molar-refractivity contribution is 5.94. The molecular formula is C18H19F3N2O2. The van der Waals surface area contributed by atoms with Gasteiger partial charge in [0.05, 0.1) is 0 Å². The number of rotatable bonds is 6. The van der Waals surface area contributed by atoms with Gasteiger partial charge in [-0.3, -0.25) is 4.79 Å². The van der Waals surface area contributed by atoms with Crippen molar-refractivity contribution in [2.24, 2.45) is 0 Å². The highest BCUT2D eigenvalue weighted by Crippen LogP contribution is 2.22. The zero-order chi connectivity index (χ0) is 18.4. The van der Waals surface area contributed by atoms with E-state index in [2.05, 4.69) is 10.1 Å². The van der Waals surface area contributed by atoms with Crippen LogP contribution in [0.15, 0.2) is 48.5 Å². The van der Waals surface area contributed by atoms with Crippen molar-refractivity contribution in [1.82, 2.24) is 10.2 Å². The van der Waals surface area contributed by atoms with Crippen molar-refractivity contribution in [1.29, 1.82) is 0 Å². The lowest BCUT2D eigenvalue weighted by Gasteiger charge is -2.15. The smallest absolute Gasteiger partial charge is 0.406 e. The zero-order valence-corrected chi connectivity index (χ0v) is 13.9. The Bertz CT molecular complexity index is 713. The van der Waals surface area contributed by atoms with Gasteiger partial charge < -0.3 is 15.0 Å². The highest BCUT2D eigenvalue weighted by Gasteiger charge is 2.31. The van der Waals surface area contributed by atoms with Gasteiger partial charge in [0, 0.05) is 18.7 Å². The average Bonchev–Trinajstić information content (AvgIpc) is 2.52. The molecule has 0 fully saturated rings. The van der Waals surface area contributed by atoms with Gasteiger partial charge in [0.1, 0.15) is 5.75 Å². The topological polar surface area (TPSA) is 41.6 Å². The van der Waals surface area contributed by atoms with Crippen molar-refractivity contribution >= 4 is 5.91 Å². The second kappa shape index (κ2) is 8.02. The fourth-order valence-corrected chi connectivity index (χ4v) is 2.31. The van der Waals surface area contributed by atoms with Crippen LogP contribution < -0.4 is 10.1 Å². The predicted molar refractivity (Wildman–Crippen MR) is 88.1 cm³/mol. The van der Waals surface area contributed by atoms with E-state index < -0.39 is 6.36 Å². The molecule has 0 aliphatic carbocycles. The van der Waals surface area contributed by atoms with E-state index in [1.165, 1.54) is 12.1 Å². The largest absolute Gasteiger partial charge is 0.573 e. The molecule has 0 saturated heterocycles. The van der Waals surface area contributed by atoms with Gasteiger partial charge in [-0.05, 0) is 49.5 Å². The first-order valence-electron chi connectivity index (χ1n) is 7.60. The zero-order valence-electron chi connectivity index (χ0n) is 13.9. The van der Waals surface area contributed by atoms with Gasteiger partial charge in [-0.15, -0.1) is 13.2 Å². The van der Waals surface area contributed by atoms with E-state index in [9.17, 15) is 18.0 Å². The molecule has 2 rings (SSSR count). The van der Waals surface area contributed by atoms with Gasteiger partial charge in [-0.25, -0.2) is 0 Å². The van der Waals surface area contributed by atoms with E-state index in [1.807, 2.05) is 43.3 Å². The molecule has 1 N–H and O–H groups in total. The number of amides is 1. The van der Waals surface area contributed by atoms with E-state index >= 15 is 0 Å². The van der Waals surface area contributed by atoms with Gasteiger partial charge in [-0.2, -0.15) is 0 Å². The van der Waals surface area contributed by atoms with E-state index in [0.29, 0.717) is 6.54 Å². The standard InChI is InChI=1S/C18H19F3N2O2/c1-23(2)12-15-6-4-3-5-14(15)11-22-17(24)13-7-9-16(10-8-13)25-18(19,20)21/h3-10H,11-12H2,1-2H3,(H,22,24). The molecule has 2 aromatic rings. The Hall–Kier alpha value is -2.54. The number of hydrogen-bond donors (Lipinski definition) is 1. The van der Waals surface area contributed by atoms with Crippen molar-refractivity contribution in [2.75, 3.05) is 14.1 Å². The third-order valence-electron chi connectivity index (χ3n) is 3.39. The van der Waals surface area contributed by atoms with Crippen LogP contribution in [0.5, 0.6) is 5.75 Å². The molecule has 0 unspecified atom stereocenters. The Morgan fingerprint density at radius 2 is 1.64 bits per heavy atom. The molecule has 0 aliphatic rings. The fraction of sp³-hybridized carbons (Fsp3) is 0.278. The number of halogens is 3. The van der Waals surface area contributed by atoms with Gasteiger partial charge in [-0.1, -0.05) is 24.3 Å². The maximum absolute atomic E-state index is 12.2. The highest BCUT2D eigenvalue weighted by atomic mass is 19.4. The van der Waals surface area contributed by atoms with Crippen LogP contribution in [0.25, 0.3) is 0 Å². The maximum atomic E-state index is 12.2. The third kappa shape index (κ3) is 6.11. The third-order valence-corrected chi connectivity index (χ3v) is 3.39. The molecule has 2 aromatic carbocycles. The Kier molecular flexibility index (Phi) is 6.03. The minimum absolute atomic E-state index is 0.264. The summed E-state index contributed by atoms with van der Waals surface area (Å²) >= 11 is 0. The molecular weight excluding hydrogens is 333 g/mol. The van der Waals surface area contributed by atoms with E-state index in [1.54, 1.807) is 0 Å². The van der Waals surface area contributed by atoms with Crippen LogP contribution in [0.2, 0.25) is 0 Å². The number of benzene rings is 2. The Balaban J connectivity index is 1.99. The average molecular weight is 352 g/mol. The molecule has 4 nitrogen and oxygen atoms in total. The van der Waals surface area contributed by atoms with Crippen molar-refractivity contribution in [3.63, 3.8) is 0 Å². The van der Waals surface area contributed by atoms with Gasteiger partial charge >= 0.3 is 6.36 Å². The molecule has 0 atom stereocenters. The van der Waals surface area contributed by atoms with Crippen LogP contribution in [0.4, 0.5) is 13.2 Å². The normalized spacial score (nSPS) is 11.4. The molecule has 134 valence electrons. The molecule has 1 amide bonds. The van der Waals surface area contributed by atoms with Crippen LogP contribution in [0.3, 0.4) is 0 Å². The predicted octanol–water partition coefficient (Wildman–Crippen LogP) is 3.58. The van der Waals surface area contributed by atoms with Crippen LogP contribution in [-0.4, -0.2) is 31.3 Å². The number of nitrogens with one attached hydrogen (secondary N) is 1. The lowest BCUT2D eigenvalue weighted by molar-refractivity contribution is -0.274. The van der Waals surface area contributed by atoms with E-state index in [4.69, 9.17) is 0 Å². The molecule has 0 saturated carbocycles. The summed E-state index contributed by atoms with van der Waals surface area (Å²) in [6, 6.07) is 12.6. The van der Waals surface area contributed by atoms with Crippen LogP contribution in [0.1, 0.15) is 21.5 Å². The van der Waals surface area contributed by atoms with Crippen molar-refractivity contribution in [2.45, 2.75) is 19.5 Å². The quantitative estimate of drug-likeness (QED) is 0.864. The van der Waals surface area contributed by atoms with E-state index in [0.717, 1.165) is 29.8 Å². The van der Waals surface area contributed by atoms with Crippen LogP contribution in [-0.2, 0) is 13.1 Å². The number of carbonyl (C=O) groups excluding carboxylic acids is 1. The minimum Gasteiger partial charge on any atom is -0.406 e. The molecule has 0 aromatic heterocycles. The molecule has 0 aliphatic heterocycles. The lowest BCUT2D eigenvalue weighted by atomic mass is 10.1. The molecule has 0 bridgehead atoms. The molecule has 25 heavy (non-hydrogen) atoms. The number of carbonyl (C=O) groups is 1. The molecule has 0 spiro atoms.